The van der Waals surface area contributed by atoms with Gasteiger partial charge in [-0.05, 0) is 49.2 Å². The van der Waals surface area contributed by atoms with Crippen molar-refractivity contribution >= 4 is 16.9 Å². The van der Waals surface area contributed by atoms with Crippen LogP contribution >= 0.6 is 0 Å². The molecule has 7 nitrogen and oxygen atoms in total. The molecular formula is C22H19F3N6O. The van der Waals surface area contributed by atoms with Crippen molar-refractivity contribution in [2.24, 2.45) is 5.92 Å². The number of carbonyl (C=O) groups excluding carboxylic acids is 1. The lowest BCUT2D eigenvalue weighted by molar-refractivity contribution is -0.184. The van der Waals surface area contributed by atoms with Gasteiger partial charge in [0.25, 0.3) is 5.91 Å². The van der Waals surface area contributed by atoms with Gasteiger partial charge in [-0.2, -0.15) is 18.3 Å². The fourth-order valence-electron chi connectivity index (χ4n) is 4.09. The molecule has 0 unspecified atom stereocenters. The minimum absolute atomic E-state index is 0.0582. The number of hydrogen-bond acceptors (Lipinski definition) is 4. The van der Waals surface area contributed by atoms with Crippen molar-refractivity contribution in [1.29, 1.82) is 0 Å². The number of H-pyrrole nitrogens is 1. The van der Waals surface area contributed by atoms with E-state index in [1.807, 2.05) is 41.1 Å². The first-order chi connectivity index (χ1) is 15.4. The number of benzene rings is 1. The zero-order chi connectivity index (χ0) is 22.3. The van der Waals surface area contributed by atoms with Crippen LogP contribution in [0.4, 0.5) is 13.2 Å². The van der Waals surface area contributed by atoms with Crippen molar-refractivity contribution in [2.45, 2.75) is 19.0 Å². The van der Waals surface area contributed by atoms with Gasteiger partial charge < -0.3 is 9.47 Å². The smallest absolute Gasteiger partial charge is 0.338 e. The number of aromatic amines is 1. The summed E-state index contributed by atoms with van der Waals surface area (Å²) >= 11 is 0. The van der Waals surface area contributed by atoms with Crippen LogP contribution in [0.1, 0.15) is 23.2 Å². The number of halogens is 3. The molecule has 1 aliphatic heterocycles. The van der Waals surface area contributed by atoms with Crippen LogP contribution in [0, 0.1) is 5.92 Å². The van der Waals surface area contributed by atoms with Gasteiger partial charge in [-0.15, -0.1) is 0 Å². The van der Waals surface area contributed by atoms with Gasteiger partial charge in [0.1, 0.15) is 12.0 Å². The molecular weight excluding hydrogens is 421 g/mol. The van der Waals surface area contributed by atoms with Crippen LogP contribution in [0.3, 0.4) is 0 Å². The third-order valence-corrected chi connectivity index (χ3v) is 5.78. The Hall–Kier alpha value is -3.69. The molecule has 1 aliphatic rings. The number of nitrogens with zero attached hydrogens (tertiary/aromatic N) is 5. The largest absolute Gasteiger partial charge is 0.393 e. The molecule has 0 aliphatic carbocycles. The maximum absolute atomic E-state index is 13.1. The van der Waals surface area contributed by atoms with Crippen molar-refractivity contribution in [3.63, 3.8) is 0 Å². The van der Waals surface area contributed by atoms with Gasteiger partial charge in [0.2, 0.25) is 0 Å². The molecule has 1 saturated heterocycles. The fourth-order valence-corrected chi connectivity index (χ4v) is 4.09. The van der Waals surface area contributed by atoms with Crippen LogP contribution in [0.2, 0.25) is 0 Å². The normalized spacial score (nSPS) is 17.1. The van der Waals surface area contributed by atoms with Gasteiger partial charge in [-0.25, -0.2) is 9.97 Å². The van der Waals surface area contributed by atoms with E-state index >= 15 is 0 Å². The molecule has 5 rings (SSSR count). The lowest BCUT2D eigenvalue weighted by Crippen LogP contribution is -2.44. The topological polar surface area (TPSA) is 79.7 Å². The molecule has 164 valence electrons. The molecule has 0 saturated carbocycles. The molecule has 1 N–H and O–H groups in total. The molecule has 3 aromatic heterocycles. The number of amides is 1. The Morgan fingerprint density at radius 3 is 2.66 bits per heavy atom. The Kier molecular flexibility index (Phi) is 4.91. The van der Waals surface area contributed by atoms with Crippen LogP contribution < -0.4 is 0 Å². The monoisotopic (exact) mass is 440 g/mol. The van der Waals surface area contributed by atoms with Crippen molar-refractivity contribution in [2.75, 3.05) is 13.1 Å². The summed E-state index contributed by atoms with van der Waals surface area (Å²) in [5.41, 5.74) is 2.71. The zero-order valence-corrected chi connectivity index (χ0v) is 16.9. The molecule has 0 bridgehead atoms. The first-order valence-corrected chi connectivity index (χ1v) is 10.2. The number of piperidine rings is 1. The van der Waals surface area contributed by atoms with Crippen molar-refractivity contribution in [3.8, 4) is 17.1 Å². The standard InChI is InChI=1S/C22H19F3N6O/c23-22(24,25)17-2-1-8-30(12-17)21(32)16-10-15-7-9-31(20(15)26-11-16)18-5-3-14(4-6-18)19-27-13-28-29-19/h3-7,9-11,13,17H,1-2,8,12H2,(H,27,28,29)/t17-/m0/s1. The third-order valence-electron chi connectivity index (χ3n) is 5.78. The predicted octanol–water partition coefficient (Wildman–Crippen LogP) is 4.23. The molecule has 4 aromatic rings. The van der Waals surface area contributed by atoms with Crippen LogP contribution in [0.5, 0.6) is 0 Å². The highest BCUT2D eigenvalue weighted by Gasteiger charge is 2.42. The van der Waals surface area contributed by atoms with Crippen molar-refractivity contribution in [3.05, 3.63) is 60.7 Å². The molecule has 10 heteroatoms. The highest BCUT2D eigenvalue weighted by Crippen LogP contribution is 2.33. The van der Waals surface area contributed by atoms with Crippen molar-refractivity contribution in [1.82, 2.24) is 29.6 Å². The van der Waals surface area contributed by atoms with E-state index in [2.05, 4.69) is 20.2 Å². The summed E-state index contributed by atoms with van der Waals surface area (Å²) < 4.78 is 41.2. The van der Waals surface area contributed by atoms with Crippen molar-refractivity contribution < 1.29 is 18.0 Å². The zero-order valence-electron chi connectivity index (χ0n) is 16.9. The maximum Gasteiger partial charge on any atom is 0.393 e. The lowest BCUT2D eigenvalue weighted by Gasteiger charge is -2.33. The van der Waals surface area contributed by atoms with E-state index in [0.29, 0.717) is 30.0 Å². The molecule has 1 amide bonds. The van der Waals surface area contributed by atoms with Gasteiger partial charge in [-0.3, -0.25) is 9.89 Å². The first-order valence-electron chi connectivity index (χ1n) is 10.2. The Morgan fingerprint density at radius 2 is 1.94 bits per heavy atom. The molecule has 0 spiro atoms. The molecule has 0 radical (unpaired) electrons. The Morgan fingerprint density at radius 1 is 1.12 bits per heavy atom. The Labute approximate surface area is 180 Å². The number of aromatic nitrogens is 5. The number of carbonyl (C=O) groups is 1. The Bertz CT molecular complexity index is 1250. The number of hydrogen-bond donors (Lipinski definition) is 1. The average molecular weight is 440 g/mol. The molecule has 4 heterocycles. The van der Waals surface area contributed by atoms with E-state index < -0.39 is 18.0 Å². The molecule has 1 aromatic carbocycles. The van der Waals surface area contributed by atoms with Crippen LogP contribution in [0.15, 0.2) is 55.1 Å². The minimum atomic E-state index is -4.29. The second-order valence-electron chi connectivity index (χ2n) is 7.84. The molecule has 32 heavy (non-hydrogen) atoms. The minimum Gasteiger partial charge on any atom is -0.338 e. The molecule has 1 fully saturated rings. The predicted molar refractivity (Wildman–Crippen MR) is 111 cm³/mol. The molecule has 1 atom stereocenters. The first kappa shape index (κ1) is 20.2. The highest BCUT2D eigenvalue weighted by molar-refractivity contribution is 5.97. The summed E-state index contributed by atoms with van der Waals surface area (Å²) in [6.07, 6.45) is 0.825. The Balaban J connectivity index is 1.39. The second-order valence-corrected chi connectivity index (χ2v) is 7.84. The summed E-state index contributed by atoms with van der Waals surface area (Å²) in [7, 11) is 0. The van der Waals surface area contributed by atoms with Gasteiger partial charge >= 0.3 is 6.18 Å². The summed E-state index contributed by atoms with van der Waals surface area (Å²) in [4.78, 5) is 22.7. The highest BCUT2D eigenvalue weighted by atomic mass is 19.4. The number of rotatable bonds is 3. The maximum atomic E-state index is 13.1. The quantitative estimate of drug-likeness (QED) is 0.517. The number of pyridine rings is 1. The van der Waals surface area contributed by atoms with Gasteiger partial charge in [0.15, 0.2) is 5.82 Å². The average Bonchev–Trinajstić information content (AvgIpc) is 3.48. The lowest BCUT2D eigenvalue weighted by atomic mass is 9.97. The summed E-state index contributed by atoms with van der Waals surface area (Å²) in [6, 6.07) is 11.2. The summed E-state index contributed by atoms with van der Waals surface area (Å²) in [5, 5.41) is 7.40. The SMILES string of the molecule is O=C(c1cnc2c(ccn2-c2ccc(-c3ncn[nH]3)cc2)c1)N1CCC[C@H](C(F)(F)F)C1. The van der Waals surface area contributed by atoms with Crippen LogP contribution in [-0.2, 0) is 0 Å². The summed E-state index contributed by atoms with van der Waals surface area (Å²) in [5.74, 6) is -1.23. The van der Waals surface area contributed by atoms with Gasteiger partial charge in [0.05, 0.1) is 11.5 Å². The van der Waals surface area contributed by atoms with E-state index in [0.717, 1.165) is 16.6 Å². The number of likely N-dealkylation sites (tertiary alicyclic amines) is 1. The number of fused-ring (bicyclic) bond motifs is 1. The van der Waals surface area contributed by atoms with E-state index in [1.54, 1.807) is 6.07 Å². The van der Waals surface area contributed by atoms with Gasteiger partial charge in [0, 0.05) is 42.1 Å². The van der Waals surface area contributed by atoms with E-state index in [1.165, 1.54) is 17.4 Å². The number of alkyl halides is 3. The van der Waals surface area contributed by atoms with Crippen LogP contribution in [-0.4, -0.2) is 54.8 Å². The second kappa shape index (κ2) is 7.77. The number of nitrogens with one attached hydrogen (secondary N) is 1. The fraction of sp³-hybridized carbons (Fsp3) is 0.273. The van der Waals surface area contributed by atoms with E-state index in [4.69, 9.17) is 0 Å². The van der Waals surface area contributed by atoms with E-state index in [9.17, 15) is 18.0 Å². The van der Waals surface area contributed by atoms with E-state index in [-0.39, 0.29) is 13.0 Å². The summed E-state index contributed by atoms with van der Waals surface area (Å²) in [6.45, 7) is 0.0148. The third kappa shape index (κ3) is 3.72. The van der Waals surface area contributed by atoms with Crippen LogP contribution in [0.25, 0.3) is 28.1 Å². The van der Waals surface area contributed by atoms with Gasteiger partial charge in [-0.1, -0.05) is 0 Å².